The van der Waals surface area contributed by atoms with E-state index in [4.69, 9.17) is 13.9 Å². The first-order valence-electron chi connectivity index (χ1n) is 7.72. The highest BCUT2D eigenvalue weighted by atomic mass is 16.5. The summed E-state index contributed by atoms with van der Waals surface area (Å²) in [5.74, 6) is 0.0888. The standard InChI is InChI=1S/C19H22O5/c1-12-8-13(2)18(16(9-12)23-14(3)20)19(4,5)10-17(21)24-15-6-7-22-11-15/h6-9,11H,10H2,1-5H3. The number of benzene rings is 1. The van der Waals surface area contributed by atoms with Crippen molar-refractivity contribution in [2.75, 3.05) is 0 Å². The molecule has 2 rings (SSSR count). The molecule has 0 fully saturated rings. The third-order valence-corrected chi connectivity index (χ3v) is 3.69. The van der Waals surface area contributed by atoms with Crippen LogP contribution in [0.2, 0.25) is 0 Å². The molecule has 0 saturated carbocycles. The highest BCUT2D eigenvalue weighted by Crippen LogP contribution is 2.38. The number of hydrogen-bond donors (Lipinski definition) is 0. The normalized spacial score (nSPS) is 11.2. The maximum atomic E-state index is 12.2. The molecule has 5 heteroatoms. The van der Waals surface area contributed by atoms with E-state index in [2.05, 4.69) is 0 Å². The van der Waals surface area contributed by atoms with E-state index in [1.54, 1.807) is 6.07 Å². The Kier molecular flexibility index (Phi) is 5.12. The van der Waals surface area contributed by atoms with Crippen molar-refractivity contribution in [1.29, 1.82) is 0 Å². The van der Waals surface area contributed by atoms with Gasteiger partial charge >= 0.3 is 11.9 Å². The van der Waals surface area contributed by atoms with E-state index in [-0.39, 0.29) is 12.4 Å². The Labute approximate surface area is 141 Å². The first-order valence-corrected chi connectivity index (χ1v) is 7.72. The number of aryl methyl sites for hydroxylation is 2. The number of hydrogen-bond acceptors (Lipinski definition) is 5. The van der Waals surface area contributed by atoms with Crippen LogP contribution in [0.5, 0.6) is 11.5 Å². The lowest BCUT2D eigenvalue weighted by Gasteiger charge is -2.28. The van der Waals surface area contributed by atoms with Crippen LogP contribution in [0.15, 0.2) is 35.1 Å². The van der Waals surface area contributed by atoms with Gasteiger partial charge in [0.1, 0.15) is 12.0 Å². The van der Waals surface area contributed by atoms with Crippen LogP contribution in [0.1, 0.15) is 43.9 Å². The second-order valence-electron chi connectivity index (χ2n) is 6.54. The molecule has 0 unspecified atom stereocenters. The second kappa shape index (κ2) is 6.91. The zero-order valence-corrected chi connectivity index (χ0v) is 14.6. The molecule has 1 heterocycles. The van der Waals surface area contributed by atoms with Gasteiger partial charge in [-0.05, 0) is 31.0 Å². The molecule has 0 spiro atoms. The molecule has 0 aliphatic heterocycles. The van der Waals surface area contributed by atoms with Gasteiger partial charge in [0.05, 0.1) is 12.7 Å². The van der Waals surface area contributed by atoms with Gasteiger partial charge in [-0.25, -0.2) is 0 Å². The van der Waals surface area contributed by atoms with E-state index in [0.717, 1.165) is 16.7 Å². The zero-order chi connectivity index (χ0) is 17.9. The first-order chi connectivity index (χ1) is 11.2. The lowest BCUT2D eigenvalue weighted by molar-refractivity contribution is -0.135. The predicted octanol–water partition coefficient (Wildman–Crippen LogP) is 4.10. The average Bonchev–Trinajstić information content (AvgIpc) is 2.88. The molecule has 0 N–H and O–H groups in total. The van der Waals surface area contributed by atoms with E-state index in [9.17, 15) is 9.59 Å². The van der Waals surface area contributed by atoms with Crippen molar-refractivity contribution in [2.45, 2.75) is 46.5 Å². The molecule has 0 aliphatic rings. The Hall–Kier alpha value is -2.56. The topological polar surface area (TPSA) is 65.7 Å². The summed E-state index contributed by atoms with van der Waals surface area (Å²) in [7, 11) is 0. The third kappa shape index (κ3) is 4.25. The number of carbonyl (C=O) groups excluding carboxylic acids is 2. The van der Waals surface area contributed by atoms with Gasteiger partial charge in [0.15, 0.2) is 5.75 Å². The summed E-state index contributed by atoms with van der Waals surface area (Å²) < 4.78 is 15.5. The average molecular weight is 330 g/mol. The van der Waals surface area contributed by atoms with Crippen molar-refractivity contribution in [3.8, 4) is 11.5 Å². The predicted molar refractivity (Wildman–Crippen MR) is 89.2 cm³/mol. The summed E-state index contributed by atoms with van der Waals surface area (Å²) in [5.41, 5.74) is 2.22. The van der Waals surface area contributed by atoms with Crippen LogP contribution in [-0.2, 0) is 15.0 Å². The van der Waals surface area contributed by atoms with E-state index >= 15 is 0 Å². The lowest BCUT2D eigenvalue weighted by Crippen LogP contribution is -2.26. The molecule has 0 amide bonds. The van der Waals surface area contributed by atoms with Crippen LogP contribution in [0.3, 0.4) is 0 Å². The van der Waals surface area contributed by atoms with Crippen LogP contribution < -0.4 is 9.47 Å². The van der Waals surface area contributed by atoms with Crippen molar-refractivity contribution in [3.63, 3.8) is 0 Å². The SMILES string of the molecule is CC(=O)Oc1cc(C)cc(C)c1C(C)(C)CC(=O)Oc1ccoc1. The molecule has 5 nitrogen and oxygen atoms in total. The summed E-state index contributed by atoms with van der Waals surface area (Å²) in [6.45, 7) is 9.09. The Balaban J connectivity index is 2.30. The largest absolute Gasteiger partial charge is 0.469 e. The Bertz CT molecular complexity index is 741. The molecule has 0 atom stereocenters. The minimum atomic E-state index is -0.566. The van der Waals surface area contributed by atoms with Crippen LogP contribution >= 0.6 is 0 Å². The molecule has 1 aromatic heterocycles. The highest BCUT2D eigenvalue weighted by molar-refractivity contribution is 5.75. The zero-order valence-electron chi connectivity index (χ0n) is 14.6. The molecule has 0 bridgehead atoms. The highest BCUT2D eigenvalue weighted by Gasteiger charge is 2.31. The van der Waals surface area contributed by atoms with E-state index in [1.807, 2.05) is 39.8 Å². The molecule has 128 valence electrons. The number of carbonyl (C=O) groups is 2. The lowest BCUT2D eigenvalue weighted by atomic mass is 9.78. The van der Waals surface area contributed by atoms with Crippen molar-refractivity contribution in [1.82, 2.24) is 0 Å². The van der Waals surface area contributed by atoms with Crippen molar-refractivity contribution < 1.29 is 23.5 Å². The quantitative estimate of drug-likeness (QED) is 0.610. The number of furan rings is 1. The number of rotatable bonds is 5. The first kappa shape index (κ1) is 17.8. The van der Waals surface area contributed by atoms with Gasteiger partial charge in [-0.3, -0.25) is 9.59 Å². The summed E-state index contributed by atoms with van der Waals surface area (Å²) >= 11 is 0. The van der Waals surface area contributed by atoms with Crippen molar-refractivity contribution in [2.24, 2.45) is 0 Å². The second-order valence-corrected chi connectivity index (χ2v) is 6.54. The summed E-state index contributed by atoms with van der Waals surface area (Å²) in [6.07, 6.45) is 2.94. The van der Waals surface area contributed by atoms with Crippen LogP contribution in [-0.4, -0.2) is 11.9 Å². The van der Waals surface area contributed by atoms with Gasteiger partial charge in [-0.2, -0.15) is 0 Å². The minimum Gasteiger partial charge on any atom is -0.469 e. The fraction of sp³-hybridized carbons (Fsp3) is 0.368. The molecule has 0 radical (unpaired) electrons. The molecule has 2 aromatic rings. The smallest absolute Gasteiger partial charge is 0.312 e. The summed E-state index contributed by atoms with van der Waals surface area (Å²) in [6, 6.07) is 5.39. The van der Waals surface area contributed by atoms with Crippen molar-refractivity contribution >= 4 is 11.9 Å². The van der Waals surface area contributed by atoms with Gasteiger partial charge in [0, 0.05) is 24.0 Å². The van der Waals surface area contributed by atoms with Crippen LogP contribution in [0.4, 0.5) is 0 Å². The Morgan fingerprint density at radius 1 is 1.17 bits per heavy atom. The van der Waals surface area contributed by atoms with Gasteiger partial charge in [0.2, 0.25) is 0 Å². The maximum absolute atomic E-state index is 12.2. The third-order valence-electron chi connectivity index (χ3n) is 3.69. The number of esters is 2. The summed E-state index contributed by atoms with van der Waals surface area (Å²) in [5, 5.41) is 0. The van der Waals surface area contributed by atoms with Gasteiger partial charge < -0.3 is 13.9 Å². The molecular weight excluding hydrogens is 308 g/mol. The molecule has 1 aromatic carbocycles. The minimum absolute atomic E-state index is 0.135. The molecule has 0 saturated heterocycles. The molecule has 24 heavy (non-hydrogen) atoms. The Morgan fingerprint density at radius 3 is 2.46 bits per heavy atom. The van der Waals surface area contributed by atoms with E-state index < -0.39 is 11.4 Å². The van der Waals surface area contributed by atoms with Gasteiger partial charge in [0.25, 0.3) is 0 Å². The number of ether oxygens (including phenoxy) is 2. The maximum Gasteiger partial charge on any atom is 0.312 e. The van der Waals surface area contributed by atoms with Gasteiger partial charge in [-0.15, -0.1) is 0 Å². The monoisotopic (exact) mass is 330 g/mol. The fourth-order valence-corrected chi connectivity index (χ4v) is 2.96. The fourth-order valence-electron chi connectivity index (χ4n) is 2.96. The van der Waals surface area contributed by atoms with Crippen LogP contribution in [0.25, 0.3) is 0 Å². The molecule has 0 aliphatic carbocycles. The summed E-state index contributed by atoms with van der Waals surface area (Å²) in [4.78, 5) is 23.7. The van der Waals surface area contributed by atoms with E-state index in [0.29, 0.717) is 11.5 Å². The van der Waals surface area contributed by atoms with Crippen LogP contribution in [0, 0.1) is 13.8 Å². The Morgan fingerprint density at radius 2 is 1.88 bits per heavy atom. The van der Waals surface area contributed by atoms with Gasteiger partial charge in [-0.1, -0.05) is 19.9 Å². The van der Waals surface area contributed by atoms with Crippen molar-refractivity contribution in [3.05, 3.63) is 47.4 Å². The molecular formula is C19H22O5. The van der Waals surface area contributed by atoms with E-state index in [1.165, 1.54) is 19.5 Å².